The average molecular weight is 218 g/mol. The molecule has 0 radical (unpaired) electrons. The molecule has 2 N–H and O–H groups in total. The first kappa shape index (κ1) is 12.6. The molecule has 1 rings (SSSR count). The van der Waals surface area contributed by atoms with Gasteiger partial charge in [-0.25, -0.2) is 0 Å². The van der Waals surface area contributed by atoms with Crippen LogP contribution in [0.5, 0.6) is 0 Å². The molecule has 15 heavy (non-hydrogen) atoms. The third-order valence-corrected chi connectivity index (χ3v) is 2.44. The van der Waals surface area contributed by atoms with E-state index in [1.165, 1.54) is 0 Å². The van der Waals surface area contributed by atoms with Crippen LogP contribution in [0.15, 0.2) is 0 Å². The second-order valence-corrected chi connectivity index (χ2v) is 3.70. The second-order valence-electron chi connectivity index (χ2n) is 3.70. The third kappa shape index (κ3) is 2.75. The van der Waals surface area contributed by atoms with E-state index in [0.29, 0.717) is 6.61 Å². The fraction of sp³-hybridized carbons (Fsp3) is 0.900. The monoisotopic (exact) mass is 218 g/mol. The van der Waals surface area contributed by atoms with Crippen molar-refractivity contribution in [2.75, 3.05) is 13.2 Å². The summed E-state index contributed by atoms with van der Waals surface area (Å²) in [5.41, 5.74) is 0. The summed E-state index contributed by atoms with van der Waals surface area (Å²) in [5.74, 6) is -0.378. The third-order valence-electron chi connectivity index (χ3n) is 2.44. The number of hydrogen-bond donors (Lipinski definition) is 2. The molecule has 5 nitrogen and oxygen atoms in total. The van der Waals surface area contributed by atoms with Gasteiger partial charge < -0.3 is 19.7 Å². The first-order valence-corrected chi connectivity index (χ1v) is 5.21. The van der Waals surface area contributed by atoms with E-state index in [9.17, 15) is 9.90 Å². The number of aliphatic hydroxyl groups is 2. The van der Waals surface area contributed by atoms with Crippen LogP contribution in [0.25, 0.3) is 0 Å². The Kier molecular flexibility index (Phi) is 4.66. The molecule has 4 atom stereocenters. The molecule has 1 saturated heterocycles. The van der Waals surface area contributed by atoms with E-state index in [1.807, 2.05) is 6.92 Å². The summed E-state index contributed by atoms with van der Waals surface area (Å²) >= 11 is 0. The van der Waals surface area contributed by atoms with Crippen LogP contribution in [-0.2, 0) is 14.3 Å². The summed E-state index contributed by atoms with van der Waals surface area (Å²) in [6, 6.07) is 0. The normalized spacial score (nSPS) is 36.9. The van der Waals surface area contributed by atoms with Crippen LogP contribution in [0.2, 0.25) is 0 Å². The van der Waals surface area contributed by atoms with Crippen LogP contribution in [0, 0.1) is 0 Å². The van der Waals surface area contributed by atoms with Gasteiger partial charge in [0.25, 0.3) is 0 Å². The number of Topliss-reactive ketones (excluding diaryl/α,β-unsaturated/α-hetero) is 1. The molecule has 0 aromatic carbocycles. The molecule has 4 unspecified atom stereocenters. The Morgan fingerprint density at radius 2 is 2.20 bits per heavy atom. The minimum atomic E-state index is -0.952. The van der Waals surface area contributed by atoms with Crippen LogP contribution in [0.3, 0.4) is 0 Å². The molecule has 0 aromatic rings. The summed E-state index contributed by atoms with van der Waals surface area (Å²) in [7, 11) is 0. The van der Waals surface area contributed by atoms with Gasteiger partial charge in [-0.1, -0.05) is 6.92 Å². The molecular formula is C10H18O5. The summed E-state index contributed by atoms with van der Waals surface area (Å²) in [6.45, 7) is 3.62. The maximum atomic E-state index is 11.6. The van der Waals surface area contributed by atoms with Gasteiger partial charge in [0.2, 0.25) is 0 Å². The van der Waals surface area contributed by atoms with Crippen molar-refractivity contribution in [2.24, 2.45) is 0 Å². The molecule has 0 amide bonds. The van der Waals surface area contributed by atoms with Crippen molar-refractivity contribution in [3.8, 4) is 0 Å². The van der Waals surface area contributed by atoms with E-state index in [-0.39, 0.29) is 12.4 Å². The Hall–Kier alpha value is -0.490. The lowest BCUT2D eigenvalue weighted by Gasteiger charge is -2.35. The number of carbonyl (C=O) groups is 1. The van der Waals surface area contributed by atoms with Crippen LogP contribution in [0.1, 0.15) is 20.3 Å². The lowest BCUT2D eigenvalue weighted by Crippen LogP contribution is -2.56. The lowest BCUT2D eigenvalue weighted by atomic mass is 9.97. The Morgan fingerprint density at radius 3 is 2.73 bits per heavy atom. The van der Waals surface area contributed by atoms with Crippen molar-refractivity contribution in [2.45, 2.75) is 44.7 Å². The number of rotatable bonds is 4. The Balaban J connectivity index is 2.66. The fourth-order valence-electron chi connectivity index (χ4n) is 1.56. The molecule has 88 valence electrons. The summed E-state index contributed by atoms with van der Waals surface area (Å²) in [5, 5.41) is 18.6. The van der Waals surface area contributed by atoms with E-state index < -0.39 is 24.4 Å². The molecule has 1 fully saturated rings. The molecule has 0 saturated carbocycles. The number of hydrogen-bond acceptors (Lipinski definition) is 5. The van der Waals surface area contributed by atoms with Crippen LogP contribution >= 0.6 is 0 Å². The summed E-state index contributed by atoms with van der Waals surface area (Å²) < 4.78 is 10.4. The number of aliphatic hydroxyl groups excluding tert-OH is 2. The highest BCUT2D eigenvalue weighted by atomic mass is 16.6. The minimum absolute atomic E-state index is 0.373. The highest BCUT2D eigenvalue weighted by Gasteiger charge is 2.42. The van der Waals surface area contributed by atoms with Crippen LogP contribution < -0.4 is 0 Å². The van der Waals surface area contributed by atoms with Gasteiger partial charge in [0.1, 0.15) is 18.3 Å². The van der Waals surface area contributed by atoms with E-state index in [2.05, 4.69) is 0 Å². The highest BCUT2D eigenvalue weighted by Crippen LogP contribution is 2.19. The van der Waals surface area contributed by atoms with Crippen molar-refractivity contribution in [3.63, 3.8) is 0 Å². The van der Waals surface area contributed by atoms with Crippen molar-refractivity contribution in [3.05, 3.63) is 0 Å². The number of ketones is 1. The van der Waals surface area contributed by atoms with Gasteiger partial charge in [0, 0.05) is 6.61 Å². The SMILES string of the molecule is CCCOC1C(=O)C(CO)OC(C)C1O. The van der Waals surface area contributed by atoms with Gasteiger partial charge in [-0.3, -0.25) is 4.79 Å². The van der Waals surface area contributed by atoms with E-state index in [0.717, 1.165) is 6.42 Å². The standard InChI is InChI=1S/C10H18O5/c1-3-4-14-10-8(12)6(2)15-7(5-11)9(10)13/h6-8,10-12H,3-5H2,1-2H3. The number of carbonyl (C=O) groups excluding carboxylic acids is 1. The predicted molar refractivity (Wildman–Crippen MR) is 52.5 cm³/mol. The van der Waals surface area contributed by atoms with Gasteiger partial charge in [-0.15, -0.1) is 0 Å². The molecule has 1 aliphatic heterocycles. The zero-order valence-electron chi connectivity index (χ0n) is 9.05. The van der Waals surface area contributed by atoms with Gasteiger partial charge in [-0.05, 0) is 13.3 Å². The van der Waals surface area contributed by atoms with Gasteiger partial charge in [0.05, 0.1) is 12.7 Å². The van der Waals surface area contributed by atoms with Crippen LogP contribution in [-0.4, -0.2) is 53.6 Å². The Labute approximate surface area is 89.0 Å². The second kappa shape index (κ2) is 5.55. The molecular weight excluding hydrogens is 200 g/mol. The average Bonchev–Trinajstić information content (AvgIpc) is 2.23. The summed E-state index contributed by atoms with van der Waals surface area (Å²) in [6.07, 6.45) is -2.42. The first-order valence-electron chi connectivity index (χ1n) is 5.21. The van der Waals surface area contributed by atoms with Gasteiger partial charge in [-0.2, -0.15) is 0 Å². The summed E-state index contributed by atoms with van der Waals surface area (Å²) in [4.78, 5) is 11.6. The van der Waals surface area contributed by atoms with E-state index in [4.69, 9.17) is 14.6 Å². The quantitative estimate of drug-likeness (QED) is 0.664. The minimum Gasteiger partial charge on any atom is -0.393 e. The van der Waals surface area contributed by atoms with E-state index >= 15 is 0 Å². The van der Waals surface area contributed by atoms with Crippen molar-refractivity contribution in [1.82, 2.24) is 0 Å². The van der Waals surface area contributed by atoms with Gasteiger partial charge >= 0.3 is 0 Å². The molecule has 1 heterocycles. The van der Waals surface area contributed by atoms with Crippen molar-refractivity contribution < 1.29 is 24.5 Å². The highest BCUT2D eigenvalue weighted by molar-refractivity contribution is 5.88. The largest absolute Gasteiger partial charge is 0.393 e. The number of ether oxygens (including phenoxy) is 2. The molecule has 0 aliphatic carbocycles. The molecule has 5 heteroatoms. The zero-order valence-corrected chi connectivity index (χ0v) is 9.05. The fourth-order valence-corrected chi connectivity index (χ4v) is 1.56. The topological polar surface area (TPSA) is 76.0 Å². The molecule has 0 spiro atoms. The van der Waals surface area contributed by atoms with E-state index in [1.54, 1.807) is 6.92 Å². The predicted octanol–water partition coefficient (Wildman–Crippen LogP) is -0.509. The molecule has 0 bridgehead atoms. The maximum absolute atomic E-state index is 11.6. The maximum Gasteiger partial charge on any atom is 0.195 e. The van der Waals surface area contributed by atoms with Crippen molar-refractivity contribution in [1.29, 1.82) is 0 Å². The van der Waals surface area contributed by atoms with Gasteiger partial charge in [0.15, 0.2) is 5.78 Å². The zero-order chi connectivity index (χ0) is 11.4. The van der Waals surface area contributed by atoms with Crippen LogP contribution in [0.4, 0.5) is 0 Å². The Bertz CT molecular complexity index is 218. The molecule has 0 aromatic heterocycles. The Morgan fingerprint density at radius 1 is 1.53 bits per heavy atom. The van der Waals surface area contributed by atoms with Crippen molar-refractivity contribution >= 4 is 5.78 Å². The lowest BCUT2D eigenvalue weighted by molar-refractivity contribution is -0.191. The smallest absolute Gasteiger partial charge is 0.195 e. The first-order chi connectivity index (χ1) is 7.11. The molecule has 1 aliphatic rings.